The van der Waals surface area contributed by atoms with E-state index in [1.54, 1.807) is 0 Å². The van der Waals surface area contributed by atoms with Gasteiger partial charge in [0.2, 0.25) is 0 Å². The third-order valence-electron chi connectivity index (χ3n) is 10.3. The van der Waals surface area contributed by atoms with E-state index in [4.69, 9.17) is 23.6 Å². The number of rotatable bonds is 46. The van der Waals surface area contributed by atoms with Crippen molar-refractivity contribution in [3.63, 3.8) is 0 Å². The van der Waals surface area contributed by atoms with Crippen LogP contribution in [0.1, 0.15) is 206 Å². The zero-order valence-corrected chi connectivity index (χ0v) is 40.7. The van der Waals surface area contributed by atoms with Gasteiger partial charge in [0.1, 0.15) is 12.7 Å². The second-order valence-electron chi connectivity index (χ2n) is 16.5. The molecule has 0 rings (SSSR count). The average molecular weight is 907 g/mol. The molecule has 0 aromatic carbocycles. The van der Waals surface area contributed by atoms with Gasteiger partial charge in [0.15, 0.2) is 6.10 Å². The predicted octanol–water partition coefficient (Wildman–Crippen LogP) is 14.0. The number of carbonyl (C=O) groups is 2. The van der Waals surface area contributed by atoms with Crippen molar-refractivity contribution in [3.8, 4) is 0 Å². The van der Waals surface area contributed by atoms with E-state index >= 15 is 0 Å². The highest BCUT2D eigenvalue weighted by Crippen LogP contribution is 2.43. The van der Waals surface area contributed by atoms with Crippen molar-refractivity contribution in [1.29, 1.82) is 0 Å². The number of carbonyl (C=O) groups excluding carboxylic acids is 2. The fourth-order valence-corrected chi connectivity index (χ4v) is 7.33. The summed E-state index contributed by atoms with van der Waals surface area (Å²) in [5.74, 6) is -0.963. The van der Waals surface area contributed by atoms with Crippen LogP contribution in [0.5, 0.6) is 0 Å². The summed E-state index contributed by atoms with van der Waals surface area (Å²) in [5.41, 5.74) is 0. The number of esters is 2. The highest BCUT2D eigenvalue weighted by Gasteiger charge is 2.27. The van der Waals surface area contributed by atoms with Gasteiger partial charge in [0.05, 0.1) is 19.8 Å². The molecule has 0 radical (unpaired) electrons. The van der Waals surface area contributed by atoms with Gasteiger partial charge < -0.3 is 24.6 Å². The molecule has 11 heteroatoms. The first-order chi connectivity index (χ1) is 30.7. The van der Waals surface area contributed by atoms with Crippen molar-refractivity contribution in [2.45, 2.75) is 219 Å². The van der Waals surface area contributed by atoms with Crippen molar-refractivity contribution in [1.82, 2.24) is 0 Å². The van der Waals surface area contributed by atoms with Crippen LogP contribution < -0.4 is 0 Å². The summed E-state index contributed by atoms with van der Waals surface area (Å²) < 4.78 is 32.8. The third-order valence-corrected chi connectivity index (χ3v) is 11.3. The Hall–Kier alpha value is -2.59. The number of hydrogen-bond donors (Lipinski definition) is 3. The van der Waals surface area contributed by atoms with Crippen LogP contribution in [0.2, 0.25) is 0 Å². The van der Waals surface area contributed by atoms with E-state index in [1.165, 1.54) is 96.3 Å². The number of hydrogen-bond acceptors (Lipinski definition) is 9. The van der Waals surface area contributed by atoms with E-state index in [9.17, 15) is 24.2 Å². The van der Waals surface area contributed by atoms with E-state index < -0.39 is 51.8 Å². The molecule has 364 valence electrons. The Morgan fingerprint density at radius 1 is 0.492 bits per heavy atom. The number of ether oxygens (including phenoxy) is 2. The minimum atomic E-state index is -4.63. The second kappa shape index (κ2) is 47.4. The van der Waals surface area contributed by atoms with Gasteiger partial charge in [-0.25, -0.2) is 4.57 Å². The molecule has 0 aromatic heterocycles. The Balaban J connectivity index is 4.26. The largest absolute Gasteiger partial charge is 0.472 e. The molecular weight excluding hydrogens is 816 g/mol. The van der Waals surface area contributed by atoms with Gasteiger partial charge in [-0.2, -0.15) is 0 Å². The van der Waals surface area contributed by atoms with Crippen LogP contribution in [0.15, 0.2) is 72.9 Å². The highest BCUT2D eigenvalue weighted by molar-refractivity contribution is 7.47. The molecule has 0 heterocycles. The molecule has 3 atom stereocenters. The summed E-state index contributed by atoms with van der Waals surface area (Å²) in [7, 11) is -4.63. The van der Waals surface area contributed by atoms with Crippen molar-refractivity contribution in [3.05, 3.63) is 72.9 Å². The molecule has 0 spiro atoms. The molecule has 0 saturated carbocycles. The number of phosphoric ester groups is 1. The van der Waals surface area contributed by atoms with Crippen LogP contribution in [-0.4, -0.2) is 65.7 Å². The molecule has 10 nitrogen and oxygen atoms in total. The molecule has 0 aliphatic carbocycles. The number of unbranched alkanes of at least 4 members (excludes halogenated alkanes) is 20. The van der Waals surface area contributed by atoms with Crippen LogP contribution in [0.4, 0.5) is 0 Å². The summed E-state index contributed by atoms with van der Waals surface area (Å²) in [6.07, 6.45) is 55.8. The lowest BCUT2D eigenvalue weighted by Crippen LogP contribution is -2.29. The first kappa shape index (κ1) is 60.4. The zero-order chi connectivity index (χ0) is 46.2. The molecule has 1 unspecified atom stereocenters. The first-order valence-corrected chi connectivity index (χ1v) is 26.4. The molecule has 0 fully saturated rings. The maximum atomic E-state index is 12.7. The highest BCUT2D eigenvalue weighted by atomic mass is 31.2. The van der Waals surface area contributed by atoms with Crippen molar-refractivity contribution < 1.29 is 47.8 Å². The standard InChI is InChI=1S/C52H91O10P/c1-3-5-7-9-11-13-15-17-19-21-23-24-26-28-30-32-34-36-38-40-42-44-52(56)62-50(48-61-63(57,58)60-46-49(54)45-53)47-59-51(55)43-41-39-37-35-33-31-29-27-25-22-20-18-16-14-12-10-8-6-4-2/h6,8,12,14,17-20,25,27,31,33,49-50,53-54H,3-5,7,9-11,13,15-16,21-24,26,28-30,32,34-48H2,1-2H3,(H,57,58)/b8-6+,14-12+,19-17+,20-18+,27-25+,33-31+/t49-,50+/m0/s1. The summed E-state index contributed by atoms with van der Waals surface area (Å²) in [6.45, 7) is 2.24. The monoisotopic (exact) mass is 907 g/mol. The van der Waals surface area contributed by atoms with Crippen LogP contribution >= 0.6 is 7.82 Å². The quantitative estimate of drug-likeness (QED) is 0.0233. The van der Waals surface area contributed by atoms with Gasteiger partial charge in [0, 0.05) is 12.8 Å². The Morgan fingerprint density at radius 3 is 1.35 bits per heavy atom. The minimum absolute atomic E-state index is 0.173. The van der Waals surface area contributed by atoms with Crippen LogP contribution in [-0.2, 0) is 32.7 Å². The molecule has 0 bridgehead atoms. The topological polar surface area (TPSA) is 149 Å². The smallest absolute Gasteiger partial charge is 0.462 e. The lowest BCUT2D eigenvalue weighted by Gasteiger charge is -2.20. The summed E-state index contributed by atoms with van der Waals surface area (Å²) >= 11 is 0. The van der Waals surface area contributed by atoms with Crippen LogP contribution in [0.25, 0.3) is 0 Å². The van der Waals surface area contributed by atoms with Gasteiger partial charge in [-0.1, -0.05) is 183 Å². The second-order valence-corrected chi connectivity index (χ2v) is 17.9. The molecule has 0 amide bonds. The van der Waals surface area contributed by atoms with Crippen LogP contribution in [0.3, 0.4) is 0 Å². The predicted molar refractivity (Wildman–Crippen MR) is 260 cm³/mol. The number of aliphatic hydroxyl groups is 2. The fraction of sp³-hybridized carbons (Fsp3) is 0.731. The maximum Gasteiger partial charge on any atom is 0.472 e. The molecular formula is C52H91O10P. The Bertz CT molecular complexity index is 1270. The molecule has 3 N–H and O–H groups in total. The number of aliphatic hydroxyl groups excluding tert-OH is 2. The summed E-state index contributed by atoms with van der Waals surface area (Å²) in [4.78, 5) is 35.1. The van der Waals surface area contributed by atoms with E-state index in [2.05, 4.69) is 86.8 Å². The Kier molecular flexibility index (Phi) is 45.4. The van der Waals surface area contributed by atoms with Crippen molar-refractivity contribution >= 4 is 19.8 Å². The molecule has 0 aromatic rings. The van der Waals surface area contributed by atoms with Gasteiger partial charge in [-0.3, -0.25) is 18.6 Å². The molecule has 0 saturated heterocycles. The third kappa shape index (κ3) is 47.2. The summed E-state index contributed by atoms with van der Waals surface area (Å²) in [6, 6.07) is 0. The lowest BCUT2D eigenvalue weighted by atomic mass is 10.0. The normalized spacial score (nSPS) is 14.3. The van der Waals surface area contributed by atoms with Gasteiger partial charge in [0.25, 0.3) is 0 Å². The average Bonchev–Trinajstić information content (AvgIpc) is 3.27. The van der Waals surface area contributed by atoms with E-state index in [0.717, 1.165) is 70.6 Å². The zero-order valence-electron chi connectivity index (χ0n) is 39.8. The SMILES string of the molecule is CC/C=C/C/C=C/C/C=C/C/C=C/C/C=C/CCCCCC(=O)OC[C@H](COP(=O)(O)OC[C@@H](O)CO)OC(=O)CCCCCCCCCCCCC/C=C/CCCCCCCC. The van der Waals surface area contributed by atoms with E-state index in [1.807, 2.05) is 0 Å². The van der Waals surface area contributed by atoms with Gasteiger partial charge in [-0.15, -0.1) is 0 Å². The minimum Gasteiger partial charge on any atom is -0.462 e. The van der Waals surface area contributed by atoms with Gasteiger partial charge in [-0.05, 0) is 83.5 Å². The van der Waals surface area contributed by atoms with Crippen molar-refractivity contribution in [2.75, 3.05) is 26.4 Å². The van der Waals surface area contributed by atoms with E-state index in [-0.39, 0.29) is 19.4 Å². The van der Waals surface area contributed by atoms with Crippen LogP contribution in [0, 0.1) is 0 Å². The van der Waals surface area contributed by atoms with Gasteiger partial charge >= 0.3 is 19.8 Å². The fourth-order valence-electron chi connectivity index (χ4n) is 6.54. The number of phosphoric acid groups is 1. The molecule has 63 heavy (non-hydrogen) atoms. The molecule has 0 aliphatic rings. The maximum absolute atomic E-state index is 12.7. The summed E-state index contributed by atoms with van der Waals surface area (Å²) in [5, 5.41) is 18.4. The van der Waals surface area contributed by atoms with Crippen molar-refractivity contribution in [2.24, 2.45) is 0 Å². The Morgan fingerprint density at radius 2 is 0.873 bits per heavy atom. The Labute approximate surface area is 384 Å². The lowest BCUT2D eigenvalue weighted by molar-refractivity contribution is -0.161. The molecule has 0 aliphatic heterocycles. The number of allylic oxidation sites excluding steroid dienone is 12. The van der Waals surface area contributed by atoms with E-state index in [0.29, 0.717) is 12.8 Å². The first-order valence-electron chi connectivity index (χ1n) is 24.9.